The molecule has 0 N–H and O–H groups in total. The van der Waals surface area contributed by atoms with Gasteiger partial charge in [-0.25, -0.2) is 9.64 Å². The molecule has 3 aromatic rings. The highest BCUT2D eigenvalue weighted by Gasteiger charge is 2.55. The van der Waals surface area contributed by atoms with Gasteiger partial charge in [0, 0.05) is 21.4 Å². The van der Waals surface area contributed by atoms with Crippen LogP contribution in [0.5, 0.6) is 0 Å². The molecule has 4 nitrogen and oxygen atoms in total. The Morgan fingerprint density at radius 2 is 1.55 bits per heavy atom. The van der Waals surface area contributed by atoms with Gasteiger partial charge in [-0.3, -0.25) is 9.80 Å². The average molecular weight is 450 g/mol. The molecule has 1 fully saturated rings. The zero-order valence-corrected chi connectivity index (χ0v) is 18.7. The van der Waals surface area contributed by atoms with Gasteiger partial charge in [-0.1, -0.05) is 54.4 Å². The van der Waals surface area contributed by atoms with E-state index in [1.165, 1.54) is 0 Å². The van der Waals surface area contributed by atoms with Crippen LogP contribution in [0.15, 0.2) is 72.8 Å². The summed E-state index contributed by atoms with van der Waals surface area (Å²) in [6.07, 6.45) is 0.707. The summed E-state index contributed by atoms with van der Waals surface area (Å²) in [6, 6.07) is 21.7. The number of halogens is 2. The molecular weight excluding hydrogens is 429 g/mol. The molecule has 2 atom stereocenters. The lowest BCUT2D eigenvalue weighted by molar-refractivity contribution is 0.254. The minimum Gasteiger partial charge on any atom is -0.286 e. The van der Waals surface area contributed by atoms with Crippen LogP contribution < -0.4 is 9.80 Å². The van der Waals surface area contributed by atoms with Crippen molar-refractivity contribution in [2.45, 2.75) is 31.8 Å². The normalized spacial score (nSPS) is 20.7. The smallest absolute Gasteiger partial charge is 0.286 e. The lowest BCUT2D eigenvalue weighted by Gasteiger charge is -2.38. The standard InChI is InChI=1S/C25H21Cl2N3O/c1-4-25(2)23(17-6-5-7-20(16-17)28-3)29(21-12-8-18(26)9-13-21)24(31)30(25)22-14-10-19(27)11-15-22/h5-16,23H,4H2,1-2H3/t23-,25+/m1/s1. The molecule has 0 spiro atoms. The van der Waals surface area contributed by atoms with Crippen molar-refractivity contribution >= 4 is 46.3 Å². The highest BCUT2D eigenvalue weighted by Crippen LogP contribution is 2.49. The number of amides is 2. The summed E-state index contributed by atoms with van der Waals surface area (Å²) in [5.41, 5.74) is 2.43. The summed E-state index contributed by atoms with van der Waals surface area (Å²) >= 11 is 12.2. The van der Waals surface area contributed by atoms with E-state index in [2.05, 4.69) is 18.7 Å². The number of benzene rings is 3. The van der Waals surface area contributed by atoms with Crippen molar-refractivity contribution in [3.8, 4) is 0 Å². The summed E-state index contributed by atoms with van der Waals surface area (Å²) < 4.78 is 0. The number of nitrogens with zero attached hydrogens (tertiary/aromatic N) is 3. The highest BCUT2D eigenvalue weighted by molar-refractivity contribution is 6.31. The van der Waals surface area contributed by atoms with E-state index in [4.69, 9.17) is 29.8 Å². The van der Waals surface area contributed by atoms with E-state index >= 15 is 0 Å². The predicted molar refractivity (Wildman–Crippen MR) is 127 cm³/mol. The van der Waals surface area contributed by atoms with Crippen LogP contribution in [0, 0.1) is 6.57 Å². The van der Waals surface area contributed by atoms with Gasteiger partial charge in [-0.05, 0) is 67.4 Å². The van der Waals surface area contributed by atoms with Gasteiger partial charge in [0.1, 0.15) is 0 Å². The monoisotopic (exact) mass is 449 g/mol. The summed E-state index contributed by atoms with van der Waals surface area (Å²) in [5.74, 6) is 0. The van der Waals surface area contributed by atoms with E-state index < -0.39 is 5.54 Å². The fraction of sp³-hybridized carbons (Fsp3) is 0.200. The van der Waals surface area contributed by atoms with Gasteiger partial charge in [-0.2, -0.15) is 0 Å². The van der Waals surface area contributed by atoms with Crippen LogP contribution in [0.3, 0.4) is 0 Å². The molecule has 2 amide bonds. The number of hydrogen-bond acceptors (Lipinski definition) is 1. The van der Waals surface area contributed by atoms with Gasteiger partial charge in [0.25, 0.3) is 0 Å². The quantitative estimate of drug-likeness (QED) is 0.371. The van der Waals surface area contributed by atoms with E-state index in [9.17, 15) is 4.79 Å². The first-order valence-electron chi connectivity index (χ1n) is 10.0. The minimum atomic E-state index is -0.564. The van der Waals surface area contributed by atoms with Gasteiger partial charge in [0.2, 0.25) is 0 Å². The number of carbonyl (C=O) groups is 1. The molecule has 0 bridgehead atoms. The lowest BCUT2D eigenvalue weighted by atomic mass is 9.83. The van der Waals surface area contributed by atoms with Crippen molar-refractivity contribution in [1.29, 1.82) is 0 Å². The van der Waals surface area contributed by atoms with Crippen LogP contribution >= 0.6 is 23.2 Å². The Hall–Kier alpha value is -3.00. The van der Waals surface area contributed by atoms with Crippen LogP contribution in [0.4, 0.5) is 21.9 Å². The zero-order valence-electron chi connectivity index (χ0n) is 17.2. The lowest BCUT2D eigenvalue weighted by Crippen LogP contribution is -2.45. The van der Waals surface area contributed by atoms with Gasteiger partial charge >= 0.3 is 6.03 Å². The topological polar surface area (TPSA) is 27.9 Å². The molecule has 4 rings (SSSR count). The van der Waals surface area contributed by atoms with Crippen molar-refractivity contribution in [3.63, 3.8) is 0 Å². The molecule has 0 radical (unpaired) electrons. The molecule has 3 aromatic carbocycles. The number of rotatable bonds is 4. The Bertz CT molecular complexity index is 1150. The third kappa shape index (κ3) is 3.65. The Balaban J connectivity index is 1.94. The summed E-state index contributed by atoms with van der Waals surface area (Å²) in [5, 5.41) is 1.22. The third-order valence-corrected chi connectivity index (χ3v) is 6.48. The molecule has 0 aromatic heterocycles. The van der Waals surface area contributed by atoms with Crippen LogP contribution in [0.2, 0.25) is 10.0 Å². The maximum atomic E-state index is 13.9. The number of urea groups is 1. The summed E-state index contributed by atoms with van der Waals surface area (Å²) in [4.78, 5) is 21.2. The summed E-state index contributed by atoms with van der Waals surface area (Å²) in [6.45, 7) is 11.6. The van der Waals surface area contributed by atoms with E-state index in [0.717, 1.165) is 16.9 Å². The molecule has 1 aliphatic rings. The number of anilines is 2. The fourth-order valence-electron chi connectivity index (χ4n) is 4.32. The summed E-state index contributed by atoms with van der Waals surface area (Å²) in [7, 11) is 0. The van der Waals surface area contributed by atoms with E-state index in [-0.39, 0.29) is 12.1 Å². The molecule has 31 heavy (non-hydrogen) atoms. The van der Waals surface area contributed by atoms with Crippen molar-refractivity contribution in [3.05, 3.63) is 99.8 Å². The van der Waals surface area contributed by atoms with Crippen LogP contribution in [0.25, 0.3) is 4.85 Å². The number of carbonyl (C=O) groups excluding carboxylic acids is 1. The highest BCUT2D eigenvalue weighted by atomic mass is 35.5. The Morgan fingerprint density at radius 1 is 0.968 bits per heavy atom. The first-order chi connectivity index (χ1) is 14.9. The fourth-order valence-corrected chi connectivity index (χ4v) is 4.57. The van der Waals surface area contributed by atoms with Gasteiger partial charge in [0.15, 0.2) is 5.69 Å². The molecule has 0 aliphatic carbocycles. The second-order valence-electron chi connectivity index (χ2n) is 7.76. The molecule has 1 heterocycles. The Labute approximate surface area is 192 Å². The molecule has 156 valence electrons. The Kier molecular flexibility index (Phi) is 5.66. The maximum Gasteiger partial charge on any atom is 0.330 e. The van der Waals surface area contributed by atoms with E-state index in [0.29, 0.717) is 22.2 Å². The van der Waals surface area contributed by atoms with E-state index in [1.54, 1.807) is 35.2 Å². The third-order valence-electron chi connectivity index (χ3n) is 5.98. The molecule has 0 saturated carbocycles. The Morgan fingerprint density at radius 3 is 2.10 bits per heavy atom. The van der Waals surface area contributed by atoms with Crippen LogP contribution in [-0.4, -0.2) is 11.6 Å². The first kappa shape index (κ1) is 21.2. The largest absolute Gasteiger partial charge is 0.330 e. The van der Waals surface area contributed by atoms with Crippen molar-refractivity contribution < 1.29 is 4.79 Å². The average Bonchev–Trinajstić information content (AvgIpc) is 3.02. The number of hydrogen-bond donors (Lipinski definition) is 0. The second kappa shape index (κ2) is 8.26. The first-order valence-corrected chi connectivity index (χ1v) is 10.8. The predicted octanol–water partition coefficient (Wildman–Crippen LogP) is 7.90. The van der Waals surface area contributed by atoms with Crippen LogP contribution in [-0.2, 0) is 0 Å². The molecule has 1 aliphatic heterocycles. The maximum absolute atomic E-state index is 13.9. The van der Waals surface area contributed by atoms with Crippen molar-refractivity contribution in [1.82, 2.24) is 0 Å². The SMILES string of the molecule is [C-]#[N+]c1cccc([C@H]2N(c3ccc(Cl)cc3)C(=O)N(c3ccc(Cl)cc3)[C@@]2(C)CC)c1. The van der Waals surface area contributed by atoms with Crippen molar-refractivity contribution in [2.75, 3.05) is 9.80 Å². The minimum absolute atomic E-state index is 0.132. The van der Waals surface area contributed by atoms with Gasteiger partial charge in [0.05, 0.1) is 18.2 Å². The molecular formula is C25H21Cl2N3O. The van der Waals surface area contributed by atoms with E-state index in [1.807, 2.05) is 47.4 Å². The van der Waals surface area contributed by atoms with Gasteiger partial charge < -0.3 is 0 Å². The van der Waals surface area contributed by atoms with Gasteiger partial charge in [-0.15, -0.1) is 0 Å². The van der Waals surface area contributed by atoms with Crippen LogP contribution in [0.1, 0.15) is 31.9 Å². The molecule has 6 heteroatoms. The molecule has 0 unspecified atom stereocenters. The zero-order chi connectivity index (χ0) is 22.2. The van der Waals surface area contributed by atoms with Crippen molar-refractivity contribution in [2.24, 2.45) is 0 Å². The second-order valence-corrected chi connectivity index (χ2v) is 8.63. The molecule has 1 saturated heterocycles.